The SMILES string of the molecule is CCC(C)(C)C1CCc2nc(SCC(=O)Nc3ccc(OC)cc3)c(C#N)cc2C1. The van der Waals surface area contributed by atoms with Crippen LogP contribution < -0.4 is 10.1 Å². The maximum absolute atomic E-state index is 12.3. The van der Waals surface area contributed by atoms with Crippen molar-refractivity contribution in [2.75, 3.05) is 18.2 Å². The van der Waals surface area contributed by atoms with Crippen molar-refractivity contribution in [3.8, 4) is 11.8 Å². The zero-order valence-corrected chi connectivity index (χ0v) is 18.9. The highest BCUT2D eigenvalue weighted by atomic mass is 32.2. The summed E-state index contributed by atoms with van der Waals surface area (Å²) in [6.45, 7) is 6.89. The third-order valence-corrected chi connectivity index (χ3v) is 7.19. The number of carbonyl (C=O) groups excluding carboxylic acids is 1. The fourth-order valence-corrected chi connectivity index (χ4v) is 4.57. The Morgan fingerprint density at radius 2 is 2.10 bits per heavy atom. The first-order chi connectivity index (χ1) is 14.4. The number of pyridine rings is 1. The van der Waals surface area contributed by atoms with Crippen LogP contribution >= 0.6 is 11.8 Å². The number of ether oxygens (including phenoxy) is 1. The van der Waals surface area contributed by atoms with E-state index in [2.05, 4.69) is 32.2 Å². The maximum Gasteiger partial charge on any atom is 0.234 e. The fourth-order valence-electron chi connectivity index (χ4n) is 3.80. The molecular formula is C24H29N3O2S. The minimum absolute atomic E-state index is 0.127. The van der Waals surface area contributed by atoms with Crippen LogP contribution in [0.1, 0.15) is 50.4 Å². The number of nitriles is 1. The third-order valence-electron chi connectivity index (χ3n) is 6.20. The molecule has 1 aromatic carbocycles. The van der Waals surface area contributed by atoms with Gasteiger partial charge in [0, 0.05) is 11.4 Å². The summed E-state index contributed by atoms with van der Waals surface area (Å²) >= 11 is 1.32. The molecule has 0 saturated carbocycles. The monoisotopic (exact) mass is 423 g/mol. The van der Waals surface area contributed by atoms with Gasteiger partial charge in [0.2, 0.25) is 5.91 Å². The molecule has 1 heterocycles. The van der Waals surface area contributed by atoms with E-state index in [1.54, 1.807) is 31.4 Å². The molecule has 30 heavy (non-hydrogen) atoms. The molecule has 1 aliphatic carbocycles. The van der Waals surface area contributed by atoms with Gasteiger partial charge < -0.3 is 10.1 Å². The largest absolute Gasteiger partial charge is 0.497 e. The van der Waals surface area contributed by atoms with Crippen LogP contribution in [0.25, 0.3) is 0 Å². The van der Waals surface area contributed by atoms with Crippen molar-refractivity contribution in [2.24, 2.45) is 11.3 Å². The molecule has 6 heteroatoms. The summed E-state index contributed by atoms with van der Waals surface area (Å²) in [5, 5.41) is 13.1. The van der Waals surface area contributed by atoms with Gasteiger partial charge in [0.1, 0.15) is 16.8 Å². The van der Waals surface area contributed by atoms with Crippen LogP contribution in [0.15, 0.2) is 35.4 Å². The summed E-state index contributed by atoms with van der Waals surface area (Å²) in [5.74, 6) is 1.43. The van der Waals surface area contributed by atoms with Crippen LogP contribution in [0.3, 0.4) is 0 Å². The number of aryl methyl sites for hydroxylation is 1. The Morgan fingerprint density at radius 3 is 2.73 bits per heavy atom. The first-order valence-corrected chi connectivity index (χ1v) is 11.3. The van der Waals surface area contributed by atoms with E-state index in [-0.39, 0.29) is 17.1 Å². The highest BCUT2D eigenvalue weighted by Crippen LogP contribution is 2.40. The van der Waals surface area contributed by atoms with Crippen molar-refractivity contribution >= 4 is 23.4 Å². The van der Waals surface area contributed by atoms with Gasteiger partial charge in [-0.1, -0.05) is 39.0 Å². The average molecular weight is 424 g/mol. The Kier molecular flexibility index (Phi) is 7.04. The summed E-state index contributed by atoms with van der Waals surface area (Å²) in [6, 6.07) is 11.5. The number of anilines is 1. The van der Waals surface area contributed by atoms with Gasteiger partial charge >= 0.3 is 0 Å². The molecule has 0 spiro atoms. The zero-order chi connectivity index (χ0) is 21.7. The lowest BCUT2D eigenvalue weighted by atomic mass is 9.69. The van der Waals surface area contributed by atoms with Crippen molar-refractivity contribution in [1.29, 1.82) is 5.26 Å². The van der Waals surface area contributed by atoms with Crippen molar-refractivity contribution in [3.63, 3.8) is 0 Å². The number of rotatable bonds is 7. The van der Waals surface area contributed by atoms with Crippen LogP contribution in [0.4, 0.5) is 5.69 Å². The first-order valence-electron chi connectivity index (χ1n) is 10.4. The molecule has 158 valence electrons. The van der Waals surface area contributed by atoms with Crippen LogP contribution in [0.5, 0.6) is 5.75 Å². The number of benzene rings is 1. The molecular weight excluding hydrogens is 394 g/mol. The van der Waals surface area contributed by atoms with E-state index in [0.717, 1.165) is 37.1 Å². The van der Waals surface area contributed by atoms with Gasteiger partial charge in [-0.25, -0.2) is 4.98 Å². The second-order valence-corrected chi connectivity index (χ2v) is 9.37. The molecule has 0 fully saturated rings. The van der Waals surface area contributed by atoms with E-state index in [9.17, 15) is 10.1 Å². The Balaban J connectivity index is 1.67. The molecule has 1 atom stereocenters. The Labute approximate surface area is 183 Å². The number of nitrogens with zero attached hydrogens (tertiary/aromatic N) is 2. The predicted molar refractivity (Wildman–Crippen MR) is 121 cm³/mol. The number of hydrogen-bond donors (Lipinski definition) is 1. The number of aromatic nitrogens is 1. The topological polar surface area (TPSA) is 75.0 Å². The van der Waals surface area contributed by atoms with Gasteiger partial charge in [-0.3, -0.25) is 4.79 Å². The second-order valence-electron chi connectivity index (χ2n) is 8.41. The fraction of sp³-hybridized carbons (Fsp3) is 0.458. The highest BCUT2D eigenvalue weighted by molar-refractivity contribution is 8.00. The maximum atomic E-state index is 12.3. The molecule has 0 radical (unpaired) electrons. The quantitative estimate of drug-likeness (QED) is 0.617. The summed E-state index contributed by atoms with van der Waals surface area (Å²) in [6.07, 6.45) is 4.17. The van der Waals surface area contributed by atoms with E-state index >= 15 is 0 Å². The van der Waals surface area contributed by atoms with E-state index in [4.69, 9.17) is 9.72 Å². The van der Waals surface area contributed by atoms with Crippen molar-refractivity contribution in [3.05, 3.63) is 47.2 Å². The lowest BCUT2D eigenvalue weighted by Gasteiger charge is -2.37. The molecule has 1 aromatic heterocycles. The number of amides is 1. The Bertz CT molecular complexity index is 948. The summed E-state index contributed by atoms with van der Waals surface area (Å²) in [4.78, 5) is 17.1. The van der Waals surface area contributed by atoms with Crippen LogP contribution in [0, 0.1) is 22.7 Å². The van der Waals surface area contributed by atoms with E-state index in [1.165, 1.54) is 17.3 Å². The van der Waals surface area contributed by atoms with Gasteiger partial charge in [-0.15, -0.1) is 0 Å². The molecule has 0 saturated heterocycles. The first kappa shape index (κ1) is 22.2. The Hall–Kier alpha value is -2.52. The number of carbonyl (C=O) groups is 1. The van der Waals surface area contributed by atoms with E-state index in [0.29, 0.717) is 22.2 Å². The number of fused-ring (bicyclic) bond motifs is 1. The molecule has 1 amide bonds. The van der Waals surface area contributed by atoms with Crippen LogP contribution in [0.2, 0.25) is 0 Å². The normalized spacial score (nSPS) is 15.8. The molecule has 1 aliphatic rings. The standard InChI is InChI=1S/C24H29N3O2S/c1-5-24(2,3)18-6-11-21-16(13-18)12-17(14-25)23(27-21)30-15-22(28)26-19-7-9-20(29-4)10-8-19/h7-10,12,18H,5-6,11,13,15H2,1-4H3,(H,26,28). The molecule has 3 rings (SSSR count). The second kappa shape index (κ2) is 9.53. The molecule has 0 bridgehead atoms. The number of hydrogen-bond acceptors (Lipinski definition) is 5. The van der Waals surface area contributed by atoms with E-state index in [1.807, 2.05) is 6.07 Å². The van der Waals surface area contributed by atoms with Crippen LogP contribution in [-0.2, 0) is 17.6 Å². The summed E-state index contributed by atoms with van der Waals surface area (Å²) < 4.78 is 5.13. The summed E-state index contributed by atoms with van der Waals surface area (Å²) in [7, 11) is 1.60. The van der Waals surface area contributed by atoms with Crippen molar-refractivity contribution in [2.45, 2.75) is 51.5 Å². The minimum atomic E-state index is -0.127. The lowest BCUT2D eigenvalue weighted by molar-refractivity contribution is -0.113. The van der Waals surface area contributed by atoms with Crippen molar-refractivity contribution in [1.82, 2.24) is 4.98 Å². The number of methoxy groups -OCH3 is 1. The predicted octanol–water partition coefficient (Wildman–Crippen LogP) is 5.23. The molecule has 1 N–H and O–H groups in total. The number of nitrogens with one attached hydrogen (secondary N) is 1. The minimum Gasteiger partial charge on any atom is -0.497 e. The molecule has 1 unspecified atom stereocenters. The van der Waals surface area contributed by atoms with Gasteiger partial charge in [-0.2, -0.15) is 5.26 Å². The summed E-state index contributed by atoms with van der Waals surface area (Å²) in [5.41, 5.74) is 3.83. The zero-order valence-electron chi connectivity index (χ0n) is 18.1. The third kappa shape index (κ3) is 5.14. The van der Waals surface area contributed by atoms with Crippen molar-refractivity contribution < 1.29 is 9.53 Å². The average Bonchev–Trinajstić information content (AvgIpc) is 2.77. The molecule has 0 aliphatic heterocycles. The van der Waals surface area contributed by atoms with Crippen LogP contribution in [-0.4, -0.2) is 23.8 Å². The number of thioether (sulfide) groups is 1. The Morgan fingerprint density at radius 1 is 1.37 bits per heavy atom. The lowest BCUT2D eigenvalue weighted by Crippen LogP contribution is -2.29. The van der Waals surface area contributed by atoms with Gasteiger partial charge in [-0.05, 0) is 66.5 Å². The van der Waals surface area contributed by atoms with E-state index < -0.39 is 0 Å². The molecule has 2 aromatic rings. The van der Waals surface area contributed by atoms with Gasteiger partial charge in [0.15, 0.2) is 0 Å². The molecule has 5 nitrogen and oxygen atoms in total. The van der Waals surface area contributed by atoms with Gasteiger partial charge in [0.05, 0.1) is 18.4 Å². The smallest absolute Gasteiger partial charge is 0.234 e. The van der Waals surface area contributed by atoms with Gasteiger partial charge in [0.25, 0.3) is 0 Å². The highest BCUT2D eigenvalue weighted by Gasteiger charge is 2.32.